The van der Waals surface area contributed by atoms with Crippen LogP contribution in [0.4, 0.5) is 5.69 Å². The highest BCUT2D eigenvalue weighted by atomic mass is 32.1. The fraction of sp³-hybridized carbons (Fsp3) is 0.250. The number of aromatic amines is 1. The number of nitrogens with one attached hydrogen (secondary N) is 2. The van der Waals surface area contributed by atoms with E-state index in [1.807, 2.05) is 20.8 Å². The van der Waals surface area contributed by atoms with Gasteiger partial charge in [0, 0.05) is 17.0 Å². The Morgan fingerprint density at radius 3 is 2.71 bits per heavy atom. The quantitative estimate of drug-likeness (QED) is 0.676. The molecule has 0 bridgehead atoms. The van der Waals surface area contributed by atoms with Crippen molar-refractivity contribution in [3.8, 4) is 0 Å². The van der Waals surface area contributed by atoms with Crippen LogP contribution in [-0.2, 0) is 0 Å². The highest BCUT2D eigenvalue weighted by Gasteiger charge is 2.18. The molecule has 3 aromatic rings. The van der Waals surface area contributed by atoms with Crippen molar-refractivity contribution < 1.29 is 9.59 Å². The minimum Gasteiger partial charge on any atom is -0.364 e. The van der Waals surface area contributed by atoms with Gasteiger partial charge in [-0.3, -0.25) is 14.7 Å². The van der Waals surface area contributed by atoms with Crippen LogP contribution in [0.15, 0.2) is 18.2 Å². The van der Waals surface area contributed by atoms with Gasteiger partial charge in [0.15, 0.2) is 5.69 Å². The van der Waals surface area contributed by atoms with Crippen LogP contribution < -0.4 is 11.1 Å². The van der Waals surface area contributed by atoms with Crippen molar-refractivity contribution in [2.75, 3.05) is 5.32 Å². The maximum atomic E-state index is 12.5. The number of aryl methyl sites for hydroxylation is 1. The van der Waals surface area contributed by atoms with Crippen molar-refractivity contribution in [3.63, 3.8) is 0 Å². The van der Waals surface area contributed by atoms with E-state index in [0.717, 1.165) is 5.01 Å². The van der Waals surface area contributed by atoms with Crippen LogP contribution in [0.5, 0.6) is 0 Å². The van der Waals surface area contributed by atoms with Crippen LogP contribution in [0.25, 0.3) is 10.9 Å². The Kier molecular flexibility index (Phi) is 4.06. The molecule has 124 valence electrons. The Morgan fingerprint density at radius 1 is 1.33 bits per heavy atom. The summed E-state index contributed by atoms with van der Waals surface area (Å²) in [5, 5.41) is 11.0. The van der Waals surface area contributed by atoms with Gasteiger partial charge in [0.1, 0.15) is 4.88 Å². The molecule has 0 atom stereocenters. The molecule has 0 unspecified atom stereocenters. The highest BCUT2D eigenvalue weighted by Crippen LogP contribution is 2.26. The van der Waals surface area contributed by atoms with E-state index in [1.54, 1.807) is 18.2 Å². The lowest BCUT2D eigenvalue weighted by Gasteiger charge is -2.04. The number of fused-ring (bicyclic) bond motifs is 1. The van der Waals surface area contributed by atoms with Crippen molar-refractivity contribution in [2.45, 2.75) is 26.7 Å². The fourth-order valence-electron chi connectivity index (χ4n) is 2.34. The smallest absolute Gasteiger partial charge is 0.269 e. The number of rotatable bonds is 4. The third kappa shape index (κ3) is 2.88. The molecular weight excluding hydrogens is 326 g/mol. The van der Waals surface area contributed by atoms with Crippen LogP contribution in [0.2, 0.25) is 0 Å². The lowest BCUT2D eigenvalue weighted by molar-refractivity contribution is 0.0995. The first kappa shape index (κ1) is 16.1. The van der Waals surface area contributed by atoms with Crippen molar-refractivity contribution >= 4 is 39.7 Å². The number of benzene rings is 1. The Hall–Kier alpha value is -2.74. The molecule has 0 aliphatic carbocycles. The molecule has 0 radical (unpaired) electrons. The summed E-state index contributed by atoms with van der Waals surface area (Å²) < 4.78 is 0. The van der Waals surface area contributed by atoms with E-state index in [-0.39, 0.29) is 17.5 Å². The standard InChI is InChI=1S/C16H17N5O2S/c1-7(2)16-18-8(3)13(24-16)15(23)19-9-4-5-11-10(6-9)12(14(17)22)21-20-11/h4-7H,1-3H3,(H2,17,22)(H,19,23)(H,20,21). The number of thiazole rings is 1. The zero-order valence-electron chi connectivity index (χ0n) is 13.5. The van der Waals surface area contributed by atoms with Gasteiger partial charge >= 0.3 is 0 Å². The summed E-state index contributed by atoms with van der Waals surface area (Å²) >= 11 is 1.39. The van der Waals surface area contributed by atoms with Crippen molar-refractivity contribution in [1.29, 1.82) is 0 Å². The van der Waals surface area contributed by atoms with E-state index in [0.29, 0.717) is 27.2 Å². The largest absolute Gasteiger partial charge is 0.364 e. The molecule has 4 N–H and O–H groups in total. The van der Waals surface area contributed by atoms with Gasteiger partial charge in [-0.2, -0.15) is 5.10 Å². The summed E-state index contributed by atoms with van der Waals surface area (Å²) in [6, 6.07) is 5.16. The molecular formula is C16H17N5O2S. The average Bonchev–Trinajstić information content (AvgIpc) is 3.10. The molecule has 24 heavy (non-hydrogen) atoms. The van der Waals surface area contributed by atoms with E-state index in [1.165, 1.54) is 11.3 Å². The van der Waals surface area contributed by atoms with Gasteiger partial charge < -0.3 is 11.1 Å². The second-order valence-electron chi connectivity index (χ2n) is 5.77. The van der Waals surface area contributed by atoms with Crippen molar-refractivity contribution in [1.82, 2.24) is 15.2 Å². The molecule has 2 aromatic heterocycles. The van der Waals surface area contributed by atoms with Crippen LogP contribution >= 0.6 is 11.3 Å². The molecule has 0 aliphatic heterocycles. The molecule has 0 fully saturated rings. The Balaban J connectivity index is 1.90. The number of H-pyrrole nitrogens is 1. The summed E-state index contributed by atoms with van der Waals surface area (Å²) in [6.07, 6.45) is 0. The van der Waals surface area contributed by atoms with Gasteiger partial charge in [-0.25, -0.2) is 4.98 Å². The number of nitrogens with two attached hydrogens (primary N) is 1. The SMILES string of the molecule is Cc1nc(C(C)C)sc1C(=O)Nc1ccc2[nH]nc(C(N)=O)c2c1. The molecule has 0 saturated carbocycles. The molecule has 0 saturated heterocycles. The highest BCUT2D eigenvalue weighted by molar-refractivity contribution is 7.14. The first-order valence-electron chi connectivity index (χ1n) is 7.43. The lowest BCUT2D eigenvalue weighted by Crippen LogP contribution is -2.13. The zero-order valence-corrected chi connectivity index (χ0v) is 14.3. The second-order valence-corrected chi connectivity index (χ2v) is 6.80. The van der Waals surface area contributed by atoms with Gasteiger partial charge in [-0.15, -0.1) is 11.3 Å². The minimum atomic E-state index is -0.621. The molecule has 0 spiro atoms. The van der Waals surface area contributed by atoms with E-state index < -0.39 is 5.91 Å². The maximum Gasteiger partial charge on any atom is 0.269 e. The minimum absolute atomic E-state index is 0.150. The molecule has 8 heteroatoms. The Bertz CT molecular complexity index is 941. The molecule has 2 amide bonds. The van der Waals surface area contributed by atoms with E-state index >= 15 is 0 Å². The van der Waals surface area contributed by atoms with Crippen molar-refractivity contribution in [3.05, 3.63) is 39.5 Å². The number of anilines is 1. The number of hydrogen-bond donors (Lipinski definition) is 3. The van der Waals surface area contributed by atoms with Gasteiger partial charge in [-0.05, 0) is 25.1 Å². The third-order valence-electron chi connectivity index (χ3n) is 3.57. The summed E-state index contributed by atoms with van der Waals surface area (Å²) in [7, 11) is 0. The predicted octanol–water partition coefficient (Wildman–Crippen LogP) is 2.80. The van der Waals surface area contributed by atoms with Gasteiger partial charge in [0.2, 0.25) is 0 Å². The molecule has 3 rings (SSSR count). The number of nitrogens with zero attached hydrogens (tertiary/aromatic N) is 2. The van der Waals surface area contributed by atoms with E-state index in [2.05, 4.69) is 20.5 Å². The maximum absolute atomic E-state index is 12.5. The van der Waals surface area contributed by atoms with Crippen LogP contribution in [0.3, 0.4) is 0 Å². The Labute approximate surface area is 142 Å². The average molecular weight is 343 g/mol. The molecule has 2 heterocycles. The van der Waals surface area contributed by atoms with Gasteiger partial charge in [-0.1, -0.05) is 13.8 Å². The molecule has 1 aromatic carbocycles. The molecule has 0 aliphatic rings. The third-order valence-corrected chi connectivity index (χ3v) is 5.02. The number of carbonyl (C=O) groups excluding carboxylic acids is 2. The topological polar surface area (TPSA) is 114 Å². The van der Waals surface area contributed by atoms with Crippen molar-refractivity contribution in [2.24, 2.45) is 5.73 Å². The zero-order chi connectivity index (χ0) is 17.4. The van der Waals surface area contributed by atoms with Gasteiger partial charge in [0.25, 0.3) is 11.8 Å². The van der Waals surface area contributed by atoms with Crippen LogP contribution in [0.1, 0.15) is 50.6 Å². The normalized spacial score (nSPS) is 11.2. The van der Waals surface area contributed by atoms with E-state index in [9.17, 15) is 9.59 Å². The summed E-state index contributed by atoms with van der Waals surface area (Å²) in [5.74, 6) is -0.569. The number of primary amides is 1. The first-order valence-corrected chi connectivity index (χ1v) is 8.25. The van der Waals surface area contributed by atoms with Crippen LogP contribution in [-0.4, -0.2) is 27.0 Å². The predicted molar refractivity (Wildman–Crippen MR) is 93.5 cm³/mol. The monoisotopic (exact) mass is 343 g/mol. The summed E-state index contributed by atoms with van der Waals surface area (Å²) in [4.78, 5) is 28.9. The first-order chi connectivity index (χ1) is 11.4. The number of hydrogen-bond acceptors (Lipinski definition) is 5. The van der Waals surface area contributed by atoms with Gasteiger partial charge in [0.05, 0.1) is 16.2 Å². The van der Waals surface area contributed by atoms with Crippen LogP contribution in [0, 0.1) is 6.92 Å². The Morgan fingerprint density at radius 2 is 2.08 bits per heavy atom. The fourth-order valence-corrected chi connectivity index (χ4v) is 3.31. The number of amides is 2. The second kappa shape index (κ2) is 6.04. The number of aromatic nitrogens is 3. The number of carbonyl (C=O) groups is 2. The summed E-state index contributed by atoms with van der Waals surface area (Å²) in [5.41, 5.74) is 7.41. The van der Waals surface area contributed by atoms with E-state index in [4.69, 9.17) is 5.73 Å². The molecule has 7 nitrogen and oxygen atoms in total. The summed E-state index contributed by atoms with van der Waals surface area (Å²) in [6.45, 7) is 5.90. The lowest BCUT2D eigenvalue weighted by atomic mass is 10.2.